The summed E-state index contributed by atoms with van der Waals surface area (Å²) in [5, 5.41) is 0.369. The standard InChI is InChI=1S/C24H26ClF4N3O/c25-20-5-4-18(22(26)15-20)16-30-8-6-17(7-9-30)23(33)32-12-10-31(11-13-32)21-3-1-2-19(14-21)24(27,28)29/h1-5,14-15,17H,6-13,16H2. The molecule has 2 aliphatic rings. The van der Waals surface area contributed by atoms with Crippen LogP contribution in [0.4, 0.5) is 23.2 Å². The predicted octanol–water partition coefficient (Wildman–Crippen LogP) is 5.06. The molecule has 0 bridgehead atoms. The van der Waals surface area contributed by atoms with Gasteiger partial charge in [-0.2, -0.15) is 13.2 Å². The molecule has 0 spiro atoms. The summed E-state index contributed by atoms with van der Waals surface area (Å²) in [4.78, 5) is 18.9. The van der Waals surface area contributed by atoms with E-state index in [4.69, 9.17) is 11.6 Å². The molecule has 2 fully saturated rings. The van der Waals surface area contributed by atoms with Crippen molar-refractivity contribution in [1.82, 2.24) is 9.80 Å². The first-order valence-electron chi connectivity index (χ1n) is 11.1. The molecular weight excluding hydrogens is 458 g/mol. The van der Waals surface area contributed by atoms with Gasteiger partial charge in [-0.15, -0.1) is 0 Å². The Morgan fingerprint density at radius 3 is 2.30 bits per heavy atom. The number of hydrogen-bond donors (Lipinski definition) is 0. The number of halogens is 5. The number of hydrogen-bond acceptors (Lipinski definition) is 3. The number of nitrogens with zero attached hydrogens (tertiary/aromatic N) is 3. The Balaban J connectivity index is 1.27. The molecule has 0 aliphatic carbocycles. The van der Waals surface area contributed by atoms with Crippen molar-refractivity contribution in [2.75, 3.05) is 44.2 Å². The summed E-state index contributed by atoms with van der Waals surface area (Å²) < 4.78 is 53.0. The maximum atomic E-state index is 14.1. The maximum absolute atomic E-state index is 14.1. The first kappa shape index (κ1) is 23.8. The van der Waals surface area contributed by atoms with Crippen molar-refractivity contribution >= 4 is 23.2 Å². The zero-order valence-electron chi connectivity index (χ0n) is 18.1. The number of likely N-dealkylation sites (tertiary alicyclic amines) is 1. The first-order valence-corrected chi connectivity index (χ1v) is 11.5. The minimum Gasteiger partial charge on any atom is -0.368 e. The fourth-order valence-electron chi connectivity index (χ4n) is 4.55. The molecule has 0 aromatic heterocycles. The van der Waals surface area contributed by atoms with Crippen LogP contribution in [-0.2, 0) is 17.5 Å². The summed E-state index contributed by atoms with van der Waals surface area (Å²) in [6.07, 6.45) is -2.95. The highest BCUT2D eigenvalue weighted by molar-refractivity contribution is 6.30. The minimum atomic E-state index is -4.37. The third kappa shape index (κ3) is 5.79. The molecule has 2 aromatic rings. The van der Waals surface area contributed by atoms with Gasteiger partial charge in [0.15, 0.2) is 0 Å². The number of carbonyl (C=O) groups is 1. The molecule has 0 unspecified atom stereocenters. The molecule has 2 aromatic carbocycles. The molecule has 0 atom stereocenters. The molecular formula is C24H26ClF4N3O. The number of amides is 1. The molecule has 9 heteroatoms. The van der Waals surface area contributed by atoms with Crippen LogP contribution in [0.25, 0.3) is 0 Å². The number of carbonyl (C=O) groups excluding carboxylic acids is 1. The Morgan fingerprint density at radius 1 is 0.970 bits per heavy atom. The van der Waals surface area contributed by atoms with Gasteiger partial charge >= 0.3 is 6.18 Å². The van der Waals surface area contributed by atoms with Crippen molar-refractivity contribution in [3.63, 3.8) is 0 Å². The SMILES string of the molecule is O=C(C1CCN(Cc2ccc(Cl)cc2F)CC1)N1CCN(c2cccc(C(F)(F)F)c2)CC1. The predicted molar refractivity (Wildman–Crippen MR) is 120 cm³/mol. The van der Waals surface area contributed by atoms with Crippen LogP contribution in [0.3, 0.4) is 0 Å². The van der Waals surface area contributed by atoms with E-state index in [1.807, 2.05) is 9.80 Å². The van der Waals surface area contributed by atoms with E-state index in [2.05, 4.69) is 4.90 Å². The van der Waals surface area contributed by atoms with E-state index in [1.54, 1.807) is 18.2 Å². The summed E-state index contributed by atoms with van der Waals surface area (Å²) in [7, 11) is 0. The number of piperidine rings is 1. The number of benzene rings is 2. The van der Waals surface area contributed by atoms with Crippen molar-refractivity contribution < 1.29 is 22.4 Å². The Labute approximate surface area is 195 Å². The van der Waals surface area contributed by atoms with E-state index in [0.29, 0.717) is 74.9 Å². The molecule has 4 rings (SSSR count). The Hall–Kier alpha value is -2.32. The van der Waals surface area contributed by atoms with Crippen LogP contribution >= 0.6 is 11.6 Å². The highest BCUT2D eigenvalue weighted by atomic mass is 35.5. The van der Waals surface area contributed by atoms with Crippen LogP contribution in [0.15, 0.2) is 42.5 Å². The monoisotopic (exact) mass is 483 g/mol. The lowest BCUT2D eigenvalue weighted by Crippen LogP contribution is -2.51. The summed E-state index contributed by atoms with van der Waals surface area (Å²) in [5.74, 6) is -0.285. The van der Waals surface area contributed by atoms with Crippen molar-refractivity contribution in [1.29, 1.82) is 0 Å². The second kappa shape index (κ2) is 9.89. The van der Waals surface area contributed by atoms with Gasteiger partial charge in [-0.05, 0) is 56.3 Å². The van der Waals surface area contributed by atoms with E-state index < -0.39 is 11.7 Å². The van der Waals surface area contributed by atoms with E-state index in [1.165, 1.54) is 12.1 Å². The topological polar surface area (TPSA) is 26.8 Å². The van der Waals surface area contributed by atoms with Crippen molar-refractivity contribution in [3.8, 4) is 0 Å². The van der Waals surface area contributed by atoms with Crippen LogP contribution in [-0.4, -0.2) is 55.0 Å². The van der Waals surface area contributed by atoms with Gasteiger partial charge in [0.2, 0.25) is 5.91 Å². The van der Waals surface area contributed by atoms with Gasteiger partial charge in [0, 0.05) is 54.9 Å². The van der Waals surface area contributed by atoms with Gasteiger partial charge in [-0.3, -0.25) is 9.69 Å². The van der Waals surface area contributed by atoms with Gasteiger partial charge in [0.1, 0.15) is 5.82 Å². The van der Waals surface area contributed by atoms with Gasteiger partial charge in [-0.1, -0.05) is 23.7 Å². The Kier molecular flexibility index (Phi) is 7.14. The average molecular weight is 484 g/mol. The molecule has 2 aliphatic heterocycles. The normalized spacial score (nSPS) is 18.6. The minimum absolute atomic E-state index is 0.0728. The second-order valence-electron chi connectivity index (χ2n) is 8.65. The summed E-state index contributed by atoms with van der Waals surface area (Å²) in [5.41, 5.74) is 0.457. The summed E-state index contributed by atoms with van der Waals surface area (Å²) >= 11 is 5.81. The van der Waals surface area contributed by atoms with E-state index in [-0.39, 0.29) is 17.6 Å². The van der Waals surface area contributed by atoms with Crippen molar-refractivity contribution in [2.24, 2.45) is 5.92 Å². The fraction of sp³-hybridized carbons (Fsp3) is 0.458. The van der Waals surface area contributed by atoms with Gasteiger partial charge in [-0.25, -0.2) is 4.39 Å². The fourth-order valence-corrected chi connectivity index (χ4v) is 4.71. The lowest BCUT2D eigenvalue weighted by molar-refractivity contribution is -0.138. The summed E-state index contributed by atoms with van der Waals surface area (Å²) in [6, 6.07) is 10.00. The third-order valence-electron chi connectivity index (χ3n) is 6.48. The van der Waals surface area contributed by atoms with Crippen LogP contribution in [0.1, 0.15) is 24.0 Å². The number of rotatable bonds is 4. The molecule has 33 heavy (non-hydrogen) atoms. The highest BCUT2D eigenvalue weighted by Crippen LogP contribution is 2.32. The van der Waals surface area contributed by atoms with Gasteiger partial charge < -0.3 is 9.80 Å². The number of piperazine rings is 1. The van der Waals surface area contributed by atoms with E-state index >= 15 is 0 Å². The summed E-state index contributed by atoms with van der Waals surface area (Å²) in [6.45, 7) is 3.89. The number of alkyl halides is 3. The second-order valence-corrected chi connectivity index (χ2v) is 9.08. The highest BCUT2D eigenvalue weighted by Gasteiger charge is 2.33. The number of anilines is 1. The maximum Gasteiger partial charge on any atom is 0.416 e. The van der Waals surface area contributed by atoms with Gasteiger partial charge in [0.25, 0.3) is 0 Å². The quantitative estimate of drug-likeness (QED) is 0.569. The van der Waals surface area contributed by atoms with Crippen LogP contribution in [0, 0.1) is 11.7 Å². The van der Waals surface area contributed by atoms with Crippen LogP contribution in [0.2, 0.25) is 5.02 Å². The zero-order chi connectivity index (χ0) is 23.6. The molecule has 0 radical (unpaired) electrons. The molecule has 0 saturated carbocycles. The molecule has 0 N–H and O–H groups in total. The van der Waals surface area contributed by atoms with Crippen LogP contribution < -0.4 is 4.90 Å². The molecule has 1 amide bonds. The van der Waals surface area contributed by atoms with Crippen LogP contribution in [0.5, 0.6) is 0 Å². The first-order chi connectivity index (χ1) is 15.7. The Bertz CT molecular complexity index is 984. The largest absolute Gasteiger partial charge is 0.416 e. The molecule has 2 heterocycles. The molecule has 178 valence electrons. The third-order valence-corrected chi connectivity index (χ3v) is 6.71. The van der Waals surface area contributed by atoms with Crippen molar-refractivity contribution in [2.45, 2.75) is 25.6 Å². The van der Waals surface area contributed by atoms with Crippen molar-refractivity contribution in [3.05, 3.63) is 64.4 Å². The lowest BCUT2D eigenvalue weighted by Gasteiger charge is -2.39. The average Bonchev–Trinajstić information content (AvgIpc) is 2.80. The zero-order valence-corrected chi connectivity index (χ0v) is 18.9. The van der Waals surface area contributed by atoms with E-state index in [0.717, 1.165) is 12.1 Å². The smallest absolute Gasteiger partial charge is 0.368 e. The van der Waals surface area contributed by atoms with E-state index in [9.17, 15) is 22.4 Å². The lowest BCUT2D eigenvalue weighted by atomic mass is 9.94. The Morgan fingerprint density at radius 2 is 1.67 bits per heavy atom. The molecule has 4 nitrogen and oxygen atoms in total. The van der Waals surface area contributed by atoms with Gasteiger partial charge in [0.05, 0.1) is 5.56 Å². The molecule has 2 saturated heterocycles.